The molecule has 2 heterocycles. The van der Waals surface area contributed by atoms with Gasteiger partial charge in [-0.25, -0.2) is 4.98 Å². The summed E-state index contributed by atoms with van der Waals surface area (Å²) in [6, 6.07) is 2.72. The fourth-order valence-electron chi connectivity index (χ4n) is 3.14. The molecule has 118 valence electrons. The van der Waals surface area contributed by atoms with E-state index in [1.807, 2.05) is 0 Å². The van der Waals surface area contributed by atoms with Crippen LogP contribution >= 0.6 is 0 Å². The largest absolute Gasteiger partial charge is 0.351 e. The Labute approximate surface area is 129 Å². The summed E-state index contributed by atoms with van der Waals surface area (Å²) in [5.74, 6) is 1.19. The van der Waals surface area contributed by atoms with Gasteiger partial charge in [-0.05, 0) is 52.4 Å². The third kappa shape index (κ3) is 3.95. The summed E-state index contributed by atoms with van der Waals surface area (Å²) in [5.41, 5.74) is 3.84. The van der Waals surface area contributed by atoms with Gasteiger partial charge in [0.05, 0.1) is 0 Å². The Kier molecular flexibility index (Phi) is 5.59. The van der Waals surface area contributed by atoms with Crippen molar-refractivity contribution in [2.24, 2.45) is 0 Å². The molecule has 0 saturated carbocycles. The first kappa shape index (κ1) is 16.2. The molecular formula is C17H30N4. The van der Waals surface area contributed by atoms with Crippen molar-refractivity contribution in [3.8, 4) is 0 Å². The fraction of sp³-hybridized carbons (Fsp3) is 0.706. The Bertz CT molecular complexity index is 472. The first-order valence-corrected chi connectivity index (χ1v) is 8.16. The van der Waals surface area contributed by atoms with Crippen LogP contribution in [0, 0.1) is 13.8 Å². The minimum Gasteiger partial charge on any atom is -0.351 e. The van der Waals surface area contributed by atoms with Crippen molar-refractivity contribution in [2.75, 3.05) is 38.1 Å². The molecule has 0 radical (unpaired) electrons. The van der Waals surface area contributed by atoms with Gasteiger partial charge >= 0.3 is 0 Å². The predicted molar refractivity (Wildman–Crippen MR) is 90.0 cm³/mol. The summed E-state index contributed by atoms with van der Waals surface area (Å²) in [6.45, 7) is 14.1. The topological polar surface area (TPSA) is 31.4 Å². The van der Waals surface area contributed by atoms with Crippen LogP contribution in [0.1, 0.15) is 37.1 Å². The summed E-state index contributed by atoms with van der Waals surface area (Å²) in [5, 5.41) is 3.54. The highest BCUT2D eigenvalue weighted by Gasteiger charge is 2.25. The number of likely N-dealkylation sites (N-methyl/N-ethyl adjacent to an activating group) is 1. The minimum absolute atomic E-state index is 0.516. The van der Waals surface area contributed by atoms with E-state index in [9.17, 15) is 0 Å². The monoisotopic (exact) mass is 290 g/mol. The maximum absolute atomic E-state index is 4.88. The van der Waals surface area contributed by atoms with Gasteiger partial charge in [-0.3, -0.25) is 0 Å². The Balaban J connectivity index is 2.27. The van der Waals surface area contributed by atoms with Crippen LogP contribution < -0.4 is 10.2 Å². The molecule has 0 amide bonds. The number of aromatic nitrogens is 1. The highest BCUT2D eigenvalue weighted by molar-refractivity contribution is 5.52. The van der Waals surface area contributed by atoms with E-state index in [0.717, 1.165) is 38.4 Å². The second kappa shape index (κ2) is 7.23. The molecular weight excluding hydrogens is 260 g/mol. The van der Waals surface area contributed by atoms with Crippen molar-refractivity contribution in [3.05, 3.63) is 22.9 Å². The van der Waals surface area contributed by atoms with Crippen molar-refractivity contribution in [2.45, 2.75) is 46.7 Å². The van der Waals surface area contributed by atoms with Crippen LogP contribution in [0.5, 0.6) is 0 Å². The van der Waals surface area contributed by atoms with Gasteiger partial charge < -0.3 is 15.1 Å². The van der Waals surface area contributed by atoms with Gasteiger partial charge in [0.2, 0.25) is 0 Å². The Morgan fingerprint density at radius 3 is 2.76 bits per heavy atom. The molecule has 1 fully saturated rings. The maximum Gasteiger partial charge on any atom is 0.133 e. The van der Waals surface area contributed by atoms with Crippen LogP contribution in [0.3, 0.4) is 0 Å². The van der Waals surface area contributed by atoms with Crippen LogP contribution in [0.2, 0.25) is 0 Å². The number of hydrogen-bond donors (Lipinski definition) is 1. The first-order chi connectivity index (χ1) is 10.0. The number of nitrogens with one attached hydrogen (secondary N) is 1. The van der Waals surface area contributed by atoms with Gasteiger partial charge in [0, 0.05) is 43.5 Å². The Morgan fingerprint density at radius 2 is 2.10 bits per heavy atom. The van der Waals surface area contributed by atoms with Gasteiger partial charge in [0.25, 0.3) is 0 Å². The van der Waals surface area contributed by atoms with Gasteiger partial charge in [-0.2, -0.15) is 0 Å². The van der Waals surface area contributed by atoms with Gasteiger partial charge in [0.15, 0.2) is 0 Å². The van der Waals surface area contributed by atoms with Crippen molar-refractivity contribution in [3.63, 3.8) is 0 Å². The third-order valence-electron chi connectivity index (χ3n) is 4.28. The molecule has 21 heavy (non-hydrogen) atoms. The summed E-state index contributed by atoms with van der Waals surface area (Å²) in [6.07, 6.45) is 1.17. The molecule has 1 unspecified atom stereocenters. The van der Waals surface area contributed by atoms with Crippen LogP contribution in [0.15, 0.2) is 6.07 Å². The zero-order valence-electron chi connectivity index (χ0n) is 14.2. The van der Waals surface area contributed by atoms with E-state index < -0.39 is 0 Å². The number of nitrogens with zero attached hydrogens (tertiary/aromatic N) is 3. The molecule has 0 aliphatic carbocycles. The standard InChI is InChI=1S/C17H30N4/c1-6-7-18-11-16-13(2)10-14(3)19-17(16)21-9-8-20(5)12-15(21)4/h10,15,18H,6-9,11-12H2,1-5H3. The van der Waals surface area contributed by atoms with Crippen LogP contribution in [0.4, 0.5) is 5.82 Å². The van der Waals surface area contributed by atoms with E-state index in [1.54, 1.807) is 0 Å². The van der Waals surface area contributed by atoms with Crippen LogP contribution in [0.25, 0.3) is 0 Å². The van der Waals surface area contributed by atoms with Crippen LogP contribution in [-0.4, -0.2) is 49.2 Å². The molecule has 0 bridgehead atoms. The van der Waals surface area contributed by atoms with Gasteiger partial charge in [-0.15, -0.1) is 0 Å². The lowest BCUT2D eigenvalue weighted by Crippen LogP contribution is -2.51. The maximum atomic E-state index is 4.88. The lowest BCUT2D eigenvalue weighted by molar-refractivity contribution is 0.274. The smallest absolute Gasteiger partial charge is 0.133 e. The molecule has 1 aromatic heterocycles. The molecule has 1 saturated heterocycles. The molecule has 4 heteroatoms. The Morgan fingerprint density at radius 1 is 1.33 bits per heavy atom. The van der Waals surface area contributed by atoms with E-state index >= 15 is 0 Å². The number of aryl methyl sites for hydroxylation is 2. The zero-order valence-corrected chi connectivity index (χ0v) is 14.2. The molecule has 2 rings (SSSR count). The molecule has 4 nitrogen and oxygen atoms in total. The van der Waals surface area contributed by atoms with E-state index in [0.29, 0.717) is 6.04 Å². The van der Waals surface area contributed by atoms with Crippen molar-refractivity contribution >= 4 is 5.82 Å². The fourth-order valence-corrected chi connectivity index (χ4v) is 3.14. The van der Waals surface area contributed by atoms with Crippen molar-refractivity contribution in [1.29, 1.82) is 0 Å². The molecule has 0 spiro atoms. The quantitative estimate of drug-likeness (QED) is 0.844. The van der Waals surface area contributed by atoms with Gasteiger partial charge in [-0.1, -0.05) is 6.92 Å². The van der Waals surface area contributed by atoms with E-state index in [2.05, 4.69) is 55.9 Å². The summed E-state index contributed by atoms with van der Waals surface area (Å²) in [7, 11) is 2.20. The number of anilines is 1. The summed E-state index contributed by atoms with van der Waals surface area (Å²) in [4.78, 5) is 9.77. The third-order valence-corrected chi connectivity index (χ3v) is 4.28. The minimum atomic E-state index is 0.516. The average Bonchev–Trinajstić information content (AvgIpc) is 2.41. The molecule has 1 aliphatic heterocycles. The van der Waals surface area contributed by atoms with Gasteiger partial charge in [0.1, 0.15) is 5.82 Å². The molecule has 1 aliphatic rings. The second-order valence-electron chi connectivity index (χ2n) is 6.36. The van der Waals surface area contributed by atoms with Crippen molar-refractivity contribution < 1.29 is 0 Å². The highest BCUT2D eigenvalue weighted by atomic mass is 15.3. The lowest BCUT2D eigenvalue weighted by atomic mass is 10.1. The molecule has 0 aromatic carbocycles. The average molecular weight is 290 g/mol. The van der Waals surface area contributed by atoms with E-state index in [4.69, 9.17) is 4.98 Å². The van der Waals surface area contributed by atoms with Crippen LogP contribution in [-0.2, 0) is 6.54 Å². The SMILES string of the molecule is CCCNCc1c(C)cc(C)nc1N1CCN(C)CC1C. The first-order valence-electron chi connectivity index (χ1n) is 8.16. The second-order valence-corrected chi connectivity index (χ2v) is 6.36. The zero-order chi connectivity index (χ0) is 15.4. The highest BCUT2D eigenvalue weighted by Crippen LogP contribution is 2.26. The summed E-state index contributed by atoms with van der Waals surface area (Å²) >= 11 is 0. The van der Waals surface area contributed by atoms with E-state index in [1.165, 1.54) is 23.4 Å². The number of pyridine rings is 1. The molecule has 1 aromatic rings. The Hall–Kier alpha value is -1.13. The molecule has 1 atom stereocenters. The number of hydrogen-bond acceptors (Lipinski definition) is 4. The number of rotatable bonds is 5. The summed E-state index contributed by atoms with van der Waals surface area (Å²) < 4.78 is 0. The normalized spacial score (nSPS) is 20.0. The van der Waals surface area contributed by atoms with Crippen molar-refractivity contribution in [1.82, 2.24) is 15.2 Å². The predicted octanol–water partition coefficient (Wildman–Crippen LogP) is 2.34. The van der Waals surface area contributed by atoms with E-state index in [-0.39, 0.29) is 0 Å². The lowest BCUT2D eigenvalue weighted by Gasteiger charge is -2.40. The molecule has 1 N–H and O–H groups in total. The number of piperazine rings is 1.